The highest BCUT2D eigenvalue weighted by atomic mass is 16.7. The van der Waals surface area contributed by atoms with Gasteiger partial charge in [-0.1, -0.05) is 72.8 Å². The highest BCUT2D eigenvalue weighted by Gasteiger charge is 2.45. The molecule has 0 N–H and O–H groups in total. The molecule has 3 heterocycles. The van der Waals surface area contributed by atoms with E-state index in [2.05, 4.69) is 192 Å². The summed E-state index contributed by atoms with van der Waals surface area (Å²) in [7, 11) is 0. The van der Waals surface area contributed by atoms with Gasteiger partial charge in [-0.05, 0) is 195 Å². The highest BCUT2D eigenvalue weighted by Crippen LogP contribution is 2.43. The molecule has 9 heteroatoms. The Morgan fingerprint density at radius 1 is 0.348 bits per heavy atom. The van der Waals surface area contributed by atoms with Crippen molar-refractivity contribution in [3.05, 3.63) is 124 Å². The molecule has 7 rings (SSSR count). The number of hydroxylamine groups is 6. The Morgan fingerprint density at radius 3 is 0.754 bits per heavy atom. The number of rotatable bonds is 18. The Bertz CT molecular complexity index is 1970. The second kappa shape index (κ2) is 21.0. The number of piperidine rings is 3. The zero-order valence-corrected chi connectivity index (χ0v) is 45.2. The van der Waals surface area contributed by atoms with Crippen molar-refractivity contribution in [1.29, 1.82) is 0 Å². The molecule has 4 aromatic rings. The lowest BCUT2D eigenvalue weighted by molar-refractivity contribution is -0.304. The average Bonchev–Trinajstić information content (AvgIpc) is 3.28. The molecule has 0 saturated carbocycles. The molecule has 3 atom stereocenters. The molecule has 3 saturated heterocycles. The maximum Gasteiger partial charge on any atom is 0.127 e. The Balaban J connectivity index is 1.02. The van der Waals surface area contributed by atoms with Crippen LogP contribution in [-0.4, -0.2) is 48.4 Å². The number of ether oxygens (including phenoxy) is 3. The predicted molar refractivity (Wildman–Crippen MR) is 279 cm³/mol. The standard InChI is InChI=1S/C60H87N3O6/c1-43(67-61-55(4,5)31-16-32-56(61,6)7)49-25-19-46(20-26-49)40-64-52-37-53(65-41-47-21-27-50(28-22-47)44(2)68-62-57(8,9)33-17-34-58(62,10)11)39-54(38-52)66-42-48-23-29-51(30-24-48)45(3)69-63-59(12,13)35-18-36-60(63,14)15/h19-30,37-39,43-45H,16-18,31-36,40-42H2,1-15H3. The van der Waals surface area contributed by atoms with Gasteiger partial charge >= 0.3 is 0 Å². The summed E-state index contributed by atoms with van der Waals surface area (Å²) in [6.07, 6.45) is 10.1. The number of hydrogen-bond donors (Lipinski definition) is 0. The lowest BCUT2D eigenvalue weighted by Crippen LogP contribution is -2.58. The van der Waals surface area contributed by atoms with Crippen LogP contribution in [0.2, 0.25) is 0 Å². The van der Waals surface area contributed by atoms with Crippen LogP contribution in [0.5, 0.6) is 17.2 Å². The molecule has 3 unspecified atom stereocenters. The topological polar surface area (TPSA) is 65.1 Å². The van der Waals surface area contributed by atoms with Gasteiger partial charge in [0.15, 0.2) is 0 Å². The minimum Gasteiger partial charge on any atom is -0.489 e. The molecule has 0 aromatic heterocycles. The summed E-state index contributed by atoms with van der Waals surface area (Å²) in [5.41, 5.74) is 6.47. The van der Waals surface area contributed by atoms with Gasteiger partial charge in [0.2, 0.25) is 0 Å². The number of benzene rings is 4. The van der Waals surface area contributed by atoms with Crippen molar-refractivity contribution in [3.63, 3.8) is 0 Å². The largest absolute Gasteiger partial charge is 0.489 e. The lowest BCUT2D eigenvalue weighted by atomic mass is 9.82. The maximum absolute atomic E-state index is 6.69. The molecule has 0 amide bonds. The third-order valence-electron chi connectivity index (χ3n) is 15.2. The monoisotopic (exact) mass is 946 g/mol. The van der Waals surface area contributed by atoms with E-state index < -0.39 is 0 Å². The molecule has 3 fully saturated rings. The fourth-order valence-corrected chi connectivity index (χ4v) is 11.4. The van der Waals surface area contributed by atoms with Gasteiger partial charge in [-0.2, -0.15) is 15.2 Å². The second-order valence-corrected chi connectivity index (χ2v) is 24.3. The Labute approximate surface area is 417 Å². The van der Waals surface area contributed by atoms with Crippen LogP contribution in [-0.2, 0) is 34.3 Å². The molecule has 3 aliphatic heterocycles. The Morgan fingerprint density at radius 2 is 0.551 bits per heavy atom. The first kappa shape index (κ1) is 52.9. The molecule has 0 spiro atoms. The molecular weight excluding hydrogens is 859 g/mol. The molecule has 0 aliphatic carbocycles. The van der Waals surface area contributed by atoms with E-state index in [4.69, 9.17) is 28.7 Å². The summed E-state index contributed by atoms with van der Waals surface area (Å²) >= 11 is 0. The first-order valence-electron chi connectivity index (χ1n) is 26.1. The van der Waals surface area contributed by atoms with Crippen LogP contribution in [0.3, 0.4) is 0 Å². The van der Waals surface area contributed by atoms with Crippen LogP contribution in [0.15, 0.2) is 91.0 Å². The summed E-state index contributed by atoms with van der Waals surface area (Å²) < 4.78 is 19.5. The van der Waals surface area contributed by atoms with Gasteiger partial charge in [-0.25, -0.2) is 0 Å². The van der Waals surface area contributed by atoms with Crippen LogP contribution < -0.4 is 14.2 Å². The first-order chi connectivity index (χ1) is 32.3. The van der Waals surface area contributed by atoms with Gasteiger partial charge in [-0.3, -0.25) is 14.5 Å². The van der Waals surface area contributed by atoms with Crippen molar-refractivity contribution < 1.29 is 28.7 Å². The smallest absolute Gasteiger partial charge is 0.127 e. The van der Waals surface area contributed by atoms with Gasteiger partial charge in [0.25, 0.3) is 0 Å². The van der Waals surface area contributed by atoms with E-state index in [1.54, 1.807) is 0 Å². The van der Waals surface area contributed by atoms with Gasteiger partial charge in [0, 0.05) is 51.4 Å². The van der Waals surface area contributed by atoms with Gasteiger partial charge in [-0.15, -0.1) is 0 Å². The average molecular weight is 946 g/mol. The van der Waals surface area contributed by atoms with Gasteiger partial charge < -0.3 is 14.2 Å². The normalized spacial score (nSPS) is 22.3. The van der Waals surface area contributed by atoms with Crippen molar-refractivity contribution in [2.75, 3.05) is 0 Å². The summed E-state index contributed by atoms with van der Waals surface area (Å²) in [4.78, 5) is 20.1. The molecule has 9 nitrogen and oxygen atoms in total. The SMILES string of the molecule is CC(ON1C(C)(C)CCCC1(C)C)c1ccc(COc2cc(OCc3ccc(C(C)ON4C(C)(C)CCCC4(C)C)cc3)cc(OCc3ccc(C(C)ON4C(C)(C)CCCC4(C)C)cc3)c2)cc1. The maximum atomic E-state index is 6.69. The summed E-state index contributed by atoms with van der Waals surface area (Å²) in [5, 5.41) is 6.72. The Hall–Kier alpha value is -3.96. The van der Waals surface area contributed by atoms with E-state index in [9.17, 15) is 0 Å². The highest BCUT2D eigenvalue weighted by molar-refractivity contribution is 5.43. The van der Waals surface area contributed by atoms with E-state index in [1.165, 1.54) is 19.3 Å². The molecule has 0 bridgehead atoms. The van der Waals surface area contributed by atoms with Crippen molar-refractivity contribution in [2.45, 2.75) is 233 Å². The summed E-state index contributed by atoms with van der Waals surface area (Å²) in [5.74, 6) is 2.02. The Kier molecular flexibility index (Phi) is 16.1. The number of hydrogen-bond acceptors (Lipinski definition) is 9. The molecular formula is C60H87N3O6. The second-order valence-electron chi connectivity index (χ2n) is 24.3. The molecule has 3 aliphatic rings. The zero-order valence-electron chi connectivity index (χ0n) is 45.2. The van der Waals surface area contributed by atoms with E-state index >= 15 is 0 Å². The fourth-order valence-electron chi connectivity index (χ4n) is 11.4. The zero-order chi connectivity index (χ0) is 50.0. The van der Waals surface area contributed by atoms with Gasteiger partial charge in [0.05, 0.1) is 0 Å². The van der Waals surface area contributed by atoms with Crippen LogP contribution in [0.25, 0.3) is 0 Å². The third kappa shape index (κ3) is 13.1. The third-order valence-corrected chi connectivity index (χ3v) is 15.2. The first-order valence-corrected chi connectivity index (χ1v) is 26.1. The number of nitrogens with zero attached hydrogens (tertiary/aromatic N) is 3. The van der Waals surface area contributed by atoms with Crippen LogP contribution in [0.4, 0.5) is 0 Å². The predicted octanol–water partition coefficient (Wildman–Crippen LogP) is 15.5. The van der Waals surface area contributed by atoms with Crippen molar-refractivity contribution in [2.24, 2.45) is 0 Å². The quantitative estimate of drug-likeness (QED) is 0.0970. The van der Waals surface area contributed by atoms with Crippen molar-refractivity contribution >= 4 is 0 Å². The van der Waals surface area contributed by atoms with Gasteiger partial charge in [0.1, 0.15) is 55.4 Å². The van der Waals surface area contributed by atoms with Crippen molar-refractivity contribution in [3.8, 4) is 17.2 Å². The van der Waals surface area contributed by atoms with E-state index in [-0.39, 0.29) is 51.5 Å². The molecule has 69 heavy (non-hydrogen) atoms. The van der Waals surface area contributed by atoms with Crippen LogP contribution in [0, 0.1) is 0 Å². The van der Waals surface area contributed by atoms with Crippen molar-refractivity contribution in [1.82, 2.24) is 15.2 Å². The molecule has 4 aromatic carbocycles. The van der Waals surface area contributed by atoms with Crippen LogP contribution >= 0.6 is 0 Å². The minimum atomic E-state index is -0.0789. The summed E-state index contributed by atoms with van der Waals surface area (Å²) in [6.45, 7) is 35.0. The van der Waals surface area contributed by atoms with E-state index in [0.29, 0.717) is 37.1 Å². The van der Waals surface area contributed by atoms with Crippen LogP contribution in [0.1, 0.15) is 213 Å². The fraction of sp³-hybridized carbons (Fsp3) is 0.600. The molecule has 378 valence electrons. The van der Waals surface area contributed by atoms with E-state index in [0.717, 1.165) is 71.9 Å². The van der Waals surface area contributed by atoms with E-state index in [1.807, 2.05) is 18.2 Å². The minimum absolute atomic E-state index is 0.0215. The molecule has 0 radical (unpaired) electrons. The lowest BCUT2D eigenvalue weighted by Gasteiger charge is -2.52. The summed E-state index contributed by atoms with van der Waals surface area (Å²) in [6, 6.07) is 31.6.